The molecule has 1 atom stereocenters. The molecule has 0 fully saturated rings. The van der Waals surface area contributed by atoms with E-state index in [0.29, 0.717) is 18.9 Å². The van der Waals surface area contributed by atoms with Crippen molar-refractivity contribution >= 4 is 17.5 Å². The van der Waals surface area contributed by atoms with Crippen LogP contribution >= 0.6 is 11.6 Å². The zero-order chi connectivity index (χ0) is 15.1. The third-order valence-corrected chi connectivity index (χ3v) is 3.47. The average Bonchev–Trinajstić information content (AvgIpc) is 2.38. The van der Waals surface area contributed by atoms with Gasteiger partial charge in [0.15, 0.2) is 0 Å². The van der Waals surface area contributed by atoms with E-state index in [1.54, 1.807) is 0 Å². The Morgan fingerprint density at radius 1 is 1.45 bits per heavy atom. The minimum atomic E-state index is -0.603. The lowest BCUT2D eigenvalue weighted by Gasteiger charge is -2.18. The maximum Gasteiger partial charge on any atom is 0.252 e. The second-order valence-corrected chi connectivity index (χ2v) is 5.70. The van der Waals surface area contributed by atoms with E-state index in [2.05, 4.69) is 19.2 Å². The summed E-state index contributed by atoms with van der Waals surface area (Å²) in [7, 11) is 0. The molecule has 0 aliphatic rings. The summed E-state index contributed by atoms with van der Waals surface area (Å²) in [6, 6.07) is 4.16. The van der Waals surface area contributed by atoms with Crippen LogP contribution in [0.25, 0.3) is 0 Å². The molecule has 0 saturated heterocycles. The number of benzene rings is 1. The summed E-state index contributed by atoms with van der Waals surface area (Å²) in [6.45, 7) is 4.73. The van der Waals surface area contributed by atoms with E-state index < -0.39 is 5.82 Å². The number of nitrogens with one attached hydrogen (secondary N) is 1. The fraction of sp³-hybridized carbons (Fsp3) is 0.533. The molecular weight excluding hydrogens is 281 g/mol. The van der Waals surface area contributed by atoms with Crippen molar-refractivity contribution in [2.24, 2.45) is 11.8 Å². The van der Waals surface area contributed by atoms with Gasteiger partial charge in [-0.05, 0) is 36.8 Å². The zero-order valence-corrected chi connectivity index (χ0v) is 12.6. The van der Waals surface area contributed by atoms with Crippen molar-refractivity contribution in [1.29, 1.82) is 0 Å². The molecule has 5 heteroatoms. The number of aliphatic hydroxyl groups excluding tert-OH is 1. The van der Waals surface area contributed by atoms with Crippen LogP contribution in [0.3, 0.4) is 0 Å². The molecule has 0 bridgehead atoms. The highest BCUT2D eigenvalue weighted by Gasteiger charge is 2.16. The van der Waals surface area contributed by atoms with Gasteiger partial charge in [-0.25, -0.2) is 4.39 Å². The molecule has 1 rings (SSSR count). The number of amides is 1. The van der Waals surface area contributed by atoms with E-state index in [-0.39, 0.29) is 29.0 Å². The van der Waals surface area contributed by atoms with Gasteiger partial charge >= 0.3 is 0 Å². The molecular formula is C15H21ClFNO2. The Morgan fingerprint density at radius 2 is 2.15 bits per heavy atom. The summed E-state index contributed by atoms with van der Waals surface area (Å²) in [4.78, 5) is 12.0. The zero-order valence-electron chi connectivity index (χ0n) is 11.8. The summed E-state index contributed by atoms with van der Waals surface area (Å²) >= 11 is 5.77. The molecule has 2 N–H and O–H groups in total. The van der Waals surface area contributed by atoms with Gasteiger partial charge in [-0.3, -0.25) is 4.79 Å². The molecule has 0 radical (unpaired) electrons. The van der Waals surface area contributed by atoms with E-state index in [0.717, 1.165) is 6.42 Å². The lowest BCUT2D eigenvalue weighted by Crippen LogP contribution is -2.30. The van der Waals surface area contributed by atoms with Gasteiger partial charge in [0, 0.05) is 13.2 Å². The second-order valence-electron chi connectivity index (χ2n) is 5.32. The third kappa shape index (κ3) is 5.10. The van der Waals surface area contributed by atoms with Crippen LogP contribution in [0.1, 0.15) is 37.0 Å². The number of hydrogen-bond donors (Lipinski definition) is 2. The molecule has 1 aromatic carbocycles. The maximum absolute atomic E-state index is 13.3. The number of hydrogen-bond acceptors (Lipinski definition) is 2. The van der Waals surface area contributed by atoms with Crippen molar-refractivity contribution in [3.8, 4) is 0 Å². The highest BCUT2D eigenvalue weighted by molar-refractivity contribution is 6.34. The highest BCUT2D eigenvalue weighted by atomic mass is 35.5. The monoisotopic (exact) mass is 301 g/mol. The third-order valence-electron chi connectivity index (χ3n) is 3.09. The normalized spacial score (nSPS) is 12.5. The Balaban J connectivity index is 2.63. The van der Waals surface area contributed by atoms with Crippen molar-refractivity contribution < 1.29 is 14.3 Å². The summed E-state index contributed by atoms with van der Waals surface area (Å²) in [5, 5.41) is 11.6. The predicted octanol–water partition coefficient (Wildman–Crippen LogP) is 3.25. The lowest BCUT2D eigenvalue weighted by molar-refractivity contribution is 0.0941. The van der Waals surface area contributed by atoms with Gasteiger partial charge in [0.2, 0.25) is 0 Å². The van der Waals surface area contributed by atoms with E-state index in [4.69, 9.17) is 16.7 Å². The van der Waals surface area contributed by atoms with Gasteiger partial charge in [-0.1, -0.05) is 31.5 Å². The summed E-state index contributed by atoms with van der Waals surface area (Å²) in [5.74, 6) is -0.299. The highest BCUT2D eigenvalue weighted by Crippen LogP contribution is 2.20. The number of halogens is 2. The Morgan fingerprint density at radius 3 is 2.75 bits per heavy atom. The van der Waals surface area contributed by atoms with Crippen molar-refractivity contribution in [3.05, 3.63) is 34.6 Å². The van der Waals surface area contributed by atoms with Crippen LogP contribution in [0.15, 0.2) is 18.2 Å². The first-order valence-corrected chi connectivity index (χ1v) is 7.16. The molecule has 112 valence electrons. The first-order valence-electron chi connectivity index (χ1n) is 6.78. The summed E-state index contributed by atoms with van der Waals surface area (Å²) in [5.41, 5.74) is 0.138. The molecule has 1 aromatic rings. The Kier molecular flexibility index (Phi) is 6.96. The molecule has 1 amide bonds. The molecule has 0 saturated carbocycles. The van der Waals surface area contributed by atoms with Crippen LogP contribution in [-0.2, 0) is 0 Å². The van der Waals surface area contributed by atoms with Crippen LogP contribution in [-0.4, -0.2) is 24.2 Å². The van der Waals surface area contributed by atoms with Crippen molar-refractivity contribution in [3.63, 3.8) is 0 Å². The van der Waals surface area contributed by atoms with Crippen LogP contribution in [0.2, 0.25) is 5.02 Å². The fourth-order valence-corrected chi connectivity index (χ4v) is 2.38. The first-order chi connectivity index (χ1) is 9.45. The number of rotatable bonds is 7. The molecule has 3 nitrogen and oxygen atoms in total. The van der Waals surface area contributed by atoms with Crippen molar-refractivity contribution in [1.82, 2.24) is 5.32 Å². The van der Waals surface area contributed by atoms with E-state index >= 15 is 0 Å². The molecule has 0 aliphatic heterocycles. The molecule has 0 heterocycles. The van der Waals surface area contributed by atoms with Gasteiger partial charge in [0.05, 0.1) is 10.6 Å². The largest absolute Gasteiger partial charge is 0.396 e. The molecule has 0 spiro atoms. The van der Waals surface area contributed by atoms with Crippen LogP contribution in [0.5, 0.6) is 0 Å². The van der Waals surface area contributed by atoms with Gasteiger partial charge in [-0.15, -0.1) is 0 Å². The Hall–Kier alpha value is -1.13. The lowest BCUT2D eigenvalue weighted by atomic mass is 9.94. The maximum atomic E-state index is 13.3. The quantitative estimate of drug-likeness (QED) is 0.812. The second kappa shape index (κ2) is 8.22. The van der Waals surface area contributed by atoms with Crippen LogP contribution in [0.4, 0.5) is 4.39 Å². The predicted molar refractivity (Wildman–Crippen MR) is 78.4 cm³/mol. The molecule has 1 unspecified atom stereocenters. The smallest absolute Gasteiger partial charge is 0.252 e. The van der Waals surface area contributed by atoms with Crippen molar-refractivity contribution in [2.75, 3.05) is 13.2 Å². The van der Waals surface area contributed by atoms with Crippen LogP contribution in [0, 0.1) is 17.7 Å². The van der Waals surface area contributed by atoms with Gasteiger partial charge in [0.25, 0.3) is 5.91 Å². The van der Waals surface area contributed by atoms with Gasteiger partial charge in [0.1, 0.15) is 5.82 Å². The topological polar surface area (TPSA) is 49.3 Å². The fourth-order valence-electron chi connectivity index (χ4n) is 2.16. The van der Waals surface area contributed by atoms with Crippen molar-refractivity contribution in [2.45, 2.75) is 26.7 Å². The van der Waals surface area contributed by atoms with Gasteiger partial charge < -0.3 is 10.4 Å². The number of carbonyl (C=O) groups is 1. The summed E-state index contributed by atoms with van der Waals surface area (Å²) < 4.78 is 13.3. The van der Waals surface area contributed by atoms with E-state index in [9.17, 15) is 9.18 Å². The minimum Gasteiger partial charge on any atom is -0.396 e. The number of aliphatic hydroxyl groups is 1. The number of carbonyl (C=O) groups excluding carboxylic acids is 1. The Labute approximate surface area is 124 Å². The standard InChI is InChI=1S/C15H21ClFNO2/c1-10(2)8-11(6-7-19)9-18-15(20)12-4-3-5-13(17)14(12)16/h3-5,10-11,19H,6-9H2,1-2H3,(H,18,20). The first kappa shape index (κ1) is 16.9. The molecule has 0 aromatic heterocycles. The minimum absolute atomic E-state index is 0.0912. The Bertz CT molecular complexity index is 451. The molecule has 0 aliphatic carbocycles. The average molecular weight is 302 g/mol. The van der Waals surface area contributed by atoms with E-state index in [1.807, 2.05) is 0 Å². The van der Waals surface area contributed by atoms with Gasteiger partial charge in [-0.2, -0.15) is 0 Å². The molecule has 20 heavy (non-hydrogen) atoms. The van der Waals surface area contributed by atoms with E-state index in [1.165, 1.54) is 18.2 Å². The summed E-state index contributed by atoms with van der Waals surface area (Å²) in [6.07, 6.45) is 1.55. The SMILES string of the molecule is CC(C)CC(CCO)CNC(=O)c1cccc(F)c1Cl. The van der Waals surface area contributed by atoms with Crippen LogP contribution < -0.4 is 5.32 Å².